The molecule has 4 aromatic rings. The van der Waals surface area contributed by atoms with E-state index in [1.807, 2.05) is 30.5 Å². The van der Waals surface area contributed by atoms with E-state index in [4.69, 9.17) is 5.73 Å². The lowest BCUT2D eigenvalue weighted by Crippen LogP contribution is -2.18. The molecule has 0 spiro atoms. The second kappa shape index (κ2) is 6.15. The molecule has 0 aliphatic heterocycles. The molecule has 0 aliphatic carbocycles. The van der Waals surface area contributed by atoms with Crippen LogP contribution in [0.5, 0.6) is 0 Å². The molecule has 0 saturated carbocycles. The molecule has 4 rings (SSSR count). The van der Waals surface area contributed by atoms with E-state index in [1.54, 1.807) is 10.9 Å². The van der Waals surface area contributed by atoms with Crippen LogP contribution in [-0.2, 0) is 6.54 Å². The minimum Gasteiger partial charge on any atom is -0.396 e. The molecule has 3 aromatic heterocycles. The van der Waals surface area contributed by atoms with Crippen molar-refractivity contribution < 1.29 is 10.2 Å². The highest BCUT2D eigenvalue weighted by Gasteiger charge is 2.14. The van der Waals surface area contributed by atoms with Gasteiger partial charge in [0.15, 0.2) is 5.82 Å². The summed E-state index contributed by atoms with van der Waals surface area (Å²) in [6.45, 7) is 0.207. The van der Waals surface area contributed by atoms with Gasteiger partial charge in [-0.25, -0.2) is 4.98 Å². The predicted octanol–water partition coefficient (Wildman–Crippen LogP) is 1.16. The summed E-state index contributed by atoms with van der Waals surface area (Å²) in [5.74, 6) is 0.0919. The molecule has 1 aromatic carbocycles. The van der Waals surface area contributed by atoms with E-state index in [2.05, 4.69) is 20.3 Å². The first-order chi connectivity index (χ1) is 12.2. The third-order valence-corrected chi connectivity index (χ3v) is 4.31. The molecule has 0 radical (unpaired) electrons. The number of hydrogen-bond donors (Lipinski definition) is 4. The zero-order valence-corrected chi connectivity index (χ0v) is 13.4. The Morgan fingerprint density at radius 3 is 2.72 bits per heavy atom. The number of anilines is 1. The quantitative estimate of drug-likeness (QED) is 0.432. The lowest BCUT2D eigenvalue weighted by molar-refractivity contribution is 0.134. The van der Waals surface area contributed by atoms with Crippen molar-refractivity contribution >= 4 is 27.6 Å². The molecular weight excluding hydrogens is 320 g/mol. The number of benzene rings is 1. The number of nitrogens with zero attached hydrogens (tertiary/aromatic N) is 4. The zero-order chi connectivity index (χ0) is 17.4. The molecule has 0 fully saturated rings. The Morgan fingerprint density at radius 2 is 2.00 bits per heavy atom. The number of nitrogens with one attached hydrogen (secondary N) is 1. The van der Waals surface area contributed by atoms with Crippen molar-refractivity contribution in [1.29, 1.82) is 0 Å². The summed E-state index contributed by atoms with van der Waals surface area (Å²) in [5.41, 5.74) is 9.38. The number of rotatable bonds is 5. The van der Waals surface area contributed by atoms with Crippen LogP contribution in [0.25, 0.3) is 33.1 Å². The number of hydrogen-bond acceptors (Lipinski definition) is 6. The van der Waals surface area contributed by atoms with Gasteiger partial charge in [-0.15, -0.1) is 0 Å². The van der Waals surface area contributed by atoms with Crippen molar-refractivity contribution in [2.75, 3.05) is 18.9 Å². The number of aliphatic hydroxyl groups excluding tert-OH is 2. The van der Waals surface area contributed by atoms with Crippen molar-refractivity contribution in [2.45, 2.75) is 6.54 Å². The summed E-state index contributed by atoms with van der Waals surface area (Å²) in [6, 6.07) is 7.84. The molecule has 8 nitrogen and oxygen atoms in total. The predicted molar refractivity (Wildman–Crippen MR) is 94.7 cm³/mol. The lowest BCUT2D eigenvalue weighted by atomic mass is 10.1. The summed E-state index contributed by atoms with van der Waals surface area (Å²) in [4.78, 5) is 4.48. The molecule has 0 bridgehead atoms. The molecule has 25 heavy (non-hydrogen) atoms. The van der Waals surface area contributed by atoms with Gasteiger partial charge in [0.2, 0.25) is 0 Å². The molecular formula is C17H18N6O2. The fourth-order valence-corrected chi connectivity index (χ4v) is 2.96. The Hall–Kier alpha value is -2.97. The maximum atomic E-state index is 9.26. The molecule has 0 atom stereocenters. The summed E-state index contributed by atoms with van der Waals surface area (Å²) in [6.07, 6.45) is 3.58. The Balaban J connectivity index is 1.84. The van der Waals surface area contributed by atoms with Crippen molar-refractivity contribution in [1.82, 2.24) is 25.0 Å². The number of aromatic nitrogens is 5. The van der Waals surface area contributed by atoms with Gasteiger partial charge in [0, 0.05) is 54.4 Å². The van der Waals surface area contributed by atoms with Crippen molar-refractivity contribution in [2.24, 2.45) is 5.92 Å². The minimum atomic E-state index is -0.262. The third kappa shape index (κ3) is 2.71. The summed E-state index contributed by atoms with van der Waals surface area (Å²) >= 11 is 0. The third-order valence-electron chi connectivity index (χ3n) is 4.31. The number of H-pyrrole nitrogens is 1. The maximum absolute atomic E-state index is 9.26. The largest absolute Gasteiger partial charge is 0.396 e. The highest BCUT2D eigenvalue weighted by atomic mass is 16.3. The monoisotopic (exact) mass is 338 g/mol. The molecule has 8 heteroatoms. The summed E-state index contributed by atoms with van der Waals surface area (Å²) < 4.78 is 1.70. The SMILES string of the molecule is Nc1nc2cc(-c3ccn[nH]3)ccc2c2cn(CC(CO)CO)nc12. The topological polar surface area (TPSA) is 126 Å². The summed E-state index contributed by atoms with van der Waals surface area (Å²) in [5, 5.41) is 31.7. The molecule has 5 N–H and O–H groups in total. The van der Waals surface area contributed by atoms with Gasteiger partial charge in [-0.2, -0.15) is 10.2 Å². The Kier molecular flexibility index (Phi) is 3.83. The van der Waals surface area contributed by atoms with Crippen LogP contribution in [0.1, 0.15) is 0 Å². The maximum Gasteiger partial charge on any atom is 0.152 e. The van der Waals surface area contributed by atoms with Crippen LogP contribution in [0.3, 0.4) is 0 Å². The van der Waals surface area contributed by atoms with Crippen LogP contribution in [0, 0.1) is 5.92 Å². The average Bonchev–Trinajstić information content (AvgIpc) is 3.29. The first kappa shape index (κ1) is 15.6. The van der Waals surface area contributed by atoms with E-state index >= 15 is 0 Å². The second-order valence-corrected chi connectivity index (χ2v) is 6.04. The van der Waals surface area contributed by atoms with Gasteiger partial charge in [-0.05, 0) is 12.1 Å². The molecule has 0 aliphatic rings. The Bertz CT molecular complexity index is 1020. The van der Waals surface area contributed by atoms with Gasteiger partial charge in [0.1, 0.15) is 5.52 Å². The van der Waals surface area contributed by atoms with Crippen LogP contribution in [0.2, 0.25) is 0 Å². The summed E-state index contributed by atoms with van der Waals surface area (Å²) in [7, 11) is 0. The van der Waals surface area contributed by atoms with E-state index in [9.17, 15) is 10.2 Å². The zero-order valence-electron chi connectivity index (χ0n) is 13.4. The first-order valence-corrected chi connectivity index (χ1v) is 7.97. The van der Waals surface area contributed by atoms with E-state index in [0.717, 1.165) is 27.5 Å². The van der Waals surface area contributed by atoms with E-state index in [0.29, 0.717) is 17.9 Å². The number of pyridine rings is 1. The van der Waals surface area contributed by atoms with Crippen LogP contribution in [0.15, 0.2) is 36.7 Å². The van der Waals surface area contributed by atoms with Gasteiger partial charge in [0.05, 0.1) is 11.2 Å². The lowest BCUT2D eigenvalue weighted by Gasteiger charge is -2.09. The van der Waals surface area contributed by atoms with E-state index in [-0.39, 0.29) is 19.1 Å². The van der Waals surface area contributed by atoms with Crippen LogP contribution >= 0.6 is 0 Å². The van der Waals surface area contributed by atoms with Gasteiger partial charge in [-0.3, -0.25) is 9.78 Å². The highest BCUT2D eigenvalue weighted by Crippen LogP contribution is 2.30. The van der Waals surface area contributed by atoms with Gasteiger partial charge >= 0.3 is 0 Å². The fraction of sp³-hybridized carbons (Fsp3) is 0.235. The van der Waals surface area contributed by atoms with Gasteiger partial charge < -0.3 is 15.9 Å². The molecule has 3 heterocycles. The smallest absolute Gasteiger partial charge is 0.152 e. The minimum absolute atomic E-state index is 0.102. The van der Waals surface area contributed by atoms with Gasteiger partial charge in [-0.1, -0.05) is 12.1 Å². The van der Waals surface area contributed by atoms with Crippen molar-refractivity contribution in [3.8, 4) is 11.3 Å². The second-order valence-electron chi connectivity index (χ2n) is 6.04. The van der Waals surface area contributed by atoms with Crippen molar-refractivity contribution in [3.63, 3.8) is 0 Å². The van der Waals surface area contributed by atoms with Crippen LogP contribution in [0.4, 0.5) is 5.82 Å². The van der Waals surface area contributed by atoms with Gasteiger partial charge in [0.25, 0.3) is 0 Å². The van der Waals surface area contributed by atoms with Crippen LogP contribution in [-0.4, -0.2) is 48.4 Å². The molecule has 128 valence electrons. The number of nitrogens with two attached hydrogens (primary N) is 1. The van der Waals surface area contributed by atoms with E-state index < -0.39 is 0 Å². The molecule has 0 unspecified atom stereocenters. The highest BCUT2D eigenvalue weighted by molar-refractivity contribution is 6.08. The van der Waals surface area contributed by atoms with Crippen molar-refractivity contribution in [3.05, 3.63) is 36.7 Å². The molecule has 0 amide bonds. The first-order valence-electron chi connectivity index (χ1n) is 7.97. The number of aromatic amines is 1. The normalized spacial score (nSPS) is 11.8. The van der Waals surface area contributed by atoms with Crippen LogP contribution < -0.4 is 5.73 Å². The standard InChI is InChI=1S/C17H18N6O2/c18-17-16-13(7-23(22-16)6-10(8-24)9-25)12-2-1-11(5-15(12)20-17)14-3-4-19-21-14/h1-5,7,10,24-25H,6,8-9H2,(H2,18,20)(H,19,21). The average molecular weight is 338 g/mol. The van der Waals surface area contributed by atoms with E-state index in [1.165, 1.54) is 0 Å². The molecule has 0 saturated heterocycles. The fourth-order valence-electron chi connectivity index (χ4n) is 2.96. The Morgan fingerprint density at radius 1 is 1.16 bits per heavy atom. The number of nitrogen functional groups attached to an aromatic ring is 1. The number of fused-ring (bicyclic) bond motifs is 3. The Labute approximate surface area is 142 Å². The number of aliphatic hydroxyl groups is 2.